The van der Waals surface area contributed by atoms with E-state index in [1.165, 1.54) is 18.2 Å². The Morgan fingerprint density at radius 3 is 2.75 bits per heavy atom. The molecule has 0 saturated heterocycles. The average Bonchev–Trinajstić information content (AvgIpc) is 3.11. The van der Waals surface area contributed by atoms with Crippen LogP contribution < -0.4 is 10.6 Å². The molecule has 0 unspecified atom stereocenters. The maximum atomic E-state index is 12.9. The molecule has 0 aromatic heterocycles. The second-order valence-corrected chi connectivity index (χ2v) is 5.44. The lowest BCUT2D eigenvalue weighted by molar-refractivity contribution is -0.122. The number of amides is 2. The molecule has 6 heteroatoms. The van der Waals surface area contributed by atoms with Gasteiger partial charge in [-0.1, -0.05) is 18.5 Å². The van der Waals surface area contributed by atoms with Crippen LogP contribution in [-0.2, 0) is 9.59 Å². The molecule has 0 bridgehead atoms. The normalized spacial score (nSPS) is 20.4. The summed E-state index contributed by atoms with van der Waals surface area (Å²) < 4.78 is 12.9. The van der Waals surface area contributed by atoms with Gasteiger partial charge in [0.2, 0.25) is 11.8 Å². The Hall–Kier alpha value is -1.62. The largest absolute Gasteiger partial charge is 0.355 e. The molecule has 1 aliphatic carbocycles. The van der Waals surface area contributed by atoms with Crippen LogP contribution in [0, 0.1) is 17.7 Å². The first kappa shape index (κ1) is 14.8. The summed E-state index contributed by atoms with van der Waals surface area (Å²) in [6.45, 7) is 2.32. The number of hydrogen-bond acceptors (Lipinski definition) is 2. The van der Waals surface area contributed by atoms with Crippen molar-refractivity contribution < 1.29 is 14.0 Å². The van der Waals surface area contributed by atoms with Gasteiger partial charge in [-0.15, -0.1) is 0 Å². The molecule has 1 saturated carbocycles. The fourth-order valence-electron chi connectivity index (χ4n) is 1.92. The number of carbonyl (C=O) groups excluding carboxylic acids is 2. The molecular weight excluding hydrogens is 283 g/mol. The van der Waals surface area contributed by atoms with Crippen LogP contribution in [-0.4, -0.2) is 18.4 Å². The maximum Gasteiger partial charge on any atom is 0.226 e. The van der Waals surface area contributed by atoms with Gasteiger partial charge in [-0.25, -0.2) is 4.39 Å². The van der Waals surface area contributed by atoms with E-state index in [9.17, 15) is 14.0 Å². The summed E-state index contributed by atoms with van der Waals surface area (Å²) in [5.74, 6) is -0.221. The van der Waals surface area contributed by atoms with Crippen LogP contribution >= 0.6 is 11.6 Å². The van der Waals surface area contributed by atoms with Crippen molar-refractivity contribution in [2.24, 2.45) is 11.8 Å². The van der Waals surface area contributed by atoms with Crippen LogP contribution in [0.5, 0.6) is 0 Å². The van der Waals surface area contributed by atoms with Crippen LogP contribution in [0.3, 0.4) is 0 Å². The van der Waals surface area contributed by atoms with E-state index >= 15 is 0 Å². The molecule has 0 radical (unpaired) electrons. The topological polar surface area (TPSA) is 58.2 Å². The molecule has 1 aromatic rings. The summed E-state index contributed by atoms with van der Waals surface area (Å²) in [4.78, 5) is 23.2. The van der Waals surface area contributed by atoms with Gasteiger partial charge in [0.15, 0.2) is 0 Å². The van der Waals surface area contributed by atoms with E-state index in [1.54, 1.807) is 0 Å². The number of rotatable bonds is 5. The Morgan fingerprint density at radius 2 is 2.15 bits per heavy atom. The van der Waals surface area contributed by atoms with Gasteiger partial charge in [0.05, 0.1) is 5.02 Å². The molecule has 0 heterocycles. The van der Waals surface area contributed by atoms with Gasteiger partial charge in [-0.2, -0.15) is 0 Å². The standard InChI is InChI=1S/C14H16ClFN2O2/c1-8-6-10(8)14(20)17-5-4-13(19)18-9-2-3-12(16)11(15)7-9/h2-3,7-8,10H,4-6H2,1H3,(H,17,20)(H,18,19)/t8-,10-/m0/s1. The molecule has 2 N–H and O–H groups in total. The van der Waals surface area contributed by atoms with Crippen LogP contribution in [0.1, 0.15) is 19.8 Å². The van der Waals surface area contributed by atoms with E-state index in [0.717, 1.165) is 6.42 Å². The van der Waals surface area contributed by atoms with Crippen molar-refractivity contribution in [1.82, 2.24) is 5.32 Å². The Morgan fingerprint density at radius 1 is 1.45 bits per heavy atom. The summed E-state index contributed by atoms with van der Waals surface area (Å²) in [5, 5.41) is 5.28. The predicted molar refractivity (Wildman–Crippen MR) is 74.9 cm³/mol. The van der Waals surface area contributed by atoms with Crippen molar-refractivity contribution in [2.75, 3.05) is 11.9 Å². The first-order valence-corrected chi connectivity index (χ1v) is 6.88. The summed E-state index contributed by atoms with van der Waals surface area (Å²) >= 11 is 5.62. The number of anilines is 1. The Bertz CT molecular complexity index is 536. The van der Waals surface area contributed by atoms with Crippen molar-refractivity contribution in [3.63, 3.8) is 0 Å². The van der Waals surface area contributed by atoms with E-state index in [0.29, 0.717) is 18.2 Å². The number of nitrogens with one attached hydrogen (secondary N) is 2. The third kappa shape index (κ3) is 3.93. The number of halogens is 2. The van der Waals surface area contributed by atoms with Gasteiger partial charge in [0, 0.05) is 24.6 Å². The van der Waals surface area contributed by atoms with Crippen LogP contribution in [0.15, 0.2) is 18.2 Å². The molecule has 1 aromatic carbocycles. The second kappa shape index (κ2) is 6.22. The van der Waals surface area contributed by atoms with E-state index in [4.69, 9.17) is 11.6 Å². The molecule has 4 nitrogen and oxygen atoms in total. The summed E-state index contributed by atoms with van der Waals surface area (Å²) in [6, 6.07) is 3.97. The Kier molecular flexibility index (Phi) is 4.60. The quantitative estimate of drug-likeness (QED) is 0.878. The molecule has 108 valence electrons. The molecule has 0 spiro atoms. The highest BCUT2D eigenvalue weighted by Crippen LogP contribution is 2.37. The van der Waals surface area contributed by atoms with E-state index < -0.39 is 5.82 Å². The third-order valence-corrected chi connectivity index (χ3v) is 3.59. The highest BCUT2D eigenvalue weighted by molar-refractivity contribution is 6.31. The van der Waals surface area contributed by atoms with Crippen molar-refractivity contribution in [3.05, 3.63) is 29.0 Å². The van der Waals surface area contributed by atoms with Gasteiger partial charge >= 0.3 is 0 Å². The molecule has 20 heavy (non-hydrogen) atoms. The zero-order valence-corrected chi connectivity index (χ0v) is 11.8. The minimum atomic E-state index is -0.532. The highest BCUT2D eigenvalue weighted by atomic mass is 35.5. The SMILES string of the molecule is C[C@H]1C[C@@H]1C(=O)NCCC(=O)Nc1ccc(F)c(Cl)c1. The smallest absolute Gasteiger partial charge is 0.226 e. The molecule has 1 fully saturated rings. The zero-order valence-electron chi connectivity index (χ0n) is 11.1. The number of carbonyl (C=O) groups is 2. The van der Waals surface area contributed by atoms with Crippen molar-refractivity contribution in [2.45, 2.75) is 19.8 Å². The van der Waals surface area contributed by atoms with E-state index in [1.807, 2.05) is 6.92 Å². The Balaban J connectivity index is 1.72. The van der Waals surface area contributed by atoms with Gasteiger partial charge in [0.25, 0.3) is 0 Å². The number of benzene rings is 1. The predicted octanol–water partition coefficient (Wildman–Crippen LogP) is 2.58. The van der Waals surface area contributed by atoms with E-state index in [2.05, 4.69) is 10.6 Å². The molecule has 2 amide bonds. The first-order chi connectivity index (χ1) is 9.47. The monoisotopic (exact) mass is 298 g/mol. The van der Waals surface area contributed by atoms with Crippen molar-refractivity contribution >= 4 is 29.1 Å². The maximum absolute atomic E-state index is 12.9. The molecule has 0 aliphatic heterocycles. The van der Waals surface area contributed by atoms with E-state index in [-0.39, 0.29) is 29.2 Å². The van der Waals surface area contributed by atoms with Gasteiger partial charge in [-0.05, 0) is 30.5 Å². The zero-order chi connectivity index (χ0) is 14.7. The molecule has 1 aliphatic rings. The molecule has 2 rings (SSSR count). The third-order valence-electron chi connectivity index (χ3n) is 3.30. The summed E-state index contributed by atoms with van der Waals surface area (Å²) in [5.41, 5.74) is 0.434. The lowest BCUT2D eigenvalue weighted by atomic mass is 10.3. The number of hydrogen-bond donors (Lipinski definition) is 2. The van der Waals surface area contributed by atoms with Crippen molar-refractivity contribution in [3.8, 4) is 0 Å². The highest BCUT2D eigenvalue weighted by Gasteiger charge is 2.38. The minimum Gasteiger partial charge on any atom is -0.355 e. The lowest BCUT2D eigenvalue weighted by Gasteiger charge is -2.07. The van der Waals surface area contributed by atoms with Crippen LogP contribution in [0.2, 0.25) is 5.02 Å². The Labute approximate surface area is 121 Å². The van der Waals surface area contributed by atoms with Gasteiger partial charge in [0.1, 0.15) is 5.82 Å². The van der Waals surface area contributed by atoms with Crippen LogP contribution in [0.4, 0.5) is 10.1 Å². The summed E-state index contributed by atoms with van der Waals surface area (Å²) in [6.07, 6.45) is 1.09. The first-order valence-electron chi connectivity index (χ1n) is 6.50. The lowest BCUT2D eigenvalue weighted by Crippen LogP contribution is -2.29. The van der Waals surface area contributed by atoms with Crippen LogP contribution in [0.25, 0.3) is 0 Å². The fraction of sp³-hybridized carbons (Fsp3) is 0.429. The van der Waals surface area contributed by atoms with Crippen molar-refractivity contribution in [1.29, 1.82) is 0 Å². The molecule has 2 atom stereocenters. The second-order valence-electron chi connectivity index (χ2n) is 5.04. The molecular formula is C14H16ClFN2O2. The fourth-order valence-corrected chi connectivity index (χ4v) is 2.10. The summed E-state index contributed by atoms with van der Waals surface area (Å²) in [7, 11) is 0. The van der Waals surface area contributed by atoms with Gasteiger partial charge < -0.3 is 10.6 Å². The van der Waals surface area contributed by atoms with Gasteiger partial charge in [-0.3, -0.25) is 9.59 Å². The minimum absolute atomic E-state index is 0.00938. The average molecular weight is 299 g/mol.